The number of carbonyl (C=O) groups excluding carboxylic acids is 2. The van der Waals surface area contributed by atoms with Crippen LogP contribution in [0.2, 0.25) is 0 Å². The predicted octanol–water partition coefficient (Wildman–Crippen LogP) is 3.78. The van der Waals surface area contributed by atoms with Gasteiger partial charge in [0.25, 0.3) is 11.7 Å². The quantitative estimate of drug-likeness (QED) is 0.319. The molecule has 7 nitrogen and oxygen atoms in total. The molecule has 4 rings (SSSR count). The van der Waals surface area contributed by atoms with Crippen LogP contribution in [0.15, 0.2) is 58.7 Å². The Morgan fingerprint density at radius 1 is 1.19 bits per heavy atom. The largest absolute Gasteiger partial charge is 0.505 e. The van der Waals surface area contributed by atoms with Gasteiger partial charge in [-0.3, -0.25) is 14.0 Å². The molecule has 166 valence electrons. The van der Waals surface area contributed by atoms with Crippen LogP contribution in [0.25, 0.3) is 11.4 Å². The van der Waals surface area contributed by atoms with Crippen molar-refractivity contribution >= 4 is 39.0 Å². The van der Waals surface area contributed by atoms with Crippen molar-refractivity contribution in [2.75, 3.05) is 27.2 Å². The highest BCUT2D eigenvalue weighted by molar-refractivity contribution is 9.10. The lowest BCUT2D eigenvalue weighted by atomic mass is 9.96. The zero-order valence-corrected chi connectivity index (χ0v) is 19.8. The number of amides is 1. The minimum absolute atomic E-state index is 0.0895. The van der Waals surface area contributed by atoms with Gasteiger partial charge in [0.05, 0.1) is 17.3 Å². The van der Waals surface area contributed by atoms with Crippen LogP contribution in [0, 0.1) is 6.92 Å². The van der Waals surface area contributed by atoms with Gasteiger partial charge in [-0.05, 0) is 63.8 Å². The first-order valence-electron chi connectivity index (χ1n) is 10.4. The smallest absolute Gasteiger partial charge is 0.295 e. The number of fused-ring (bicyclic) bond motifs is 1. The average molecular weight is 497 g/mol. The van der Waals surface area contributed by atoms with E-state index < -0.39 is 17.7 Å². The number of ketones is 1. The van der Waals surface area contributed by atoms with Crippen LogP contribution in [0.1, 0.15) is 29.4 Å². The number of likely N-dealkylation sites (tertiary alicyclic amines) is 1. The molecule has 1 aliphatic heterocycles. The molecule has 3 heterocycles. The SMILES string of the molecule is Cc1nc2ccccn2c1/C(O)=C1\C(=O)C(=O)N(CCCN(C)C)[C@H]1c1cccc(Br)c1. The molecule has 8 heteroatoms. The van der Waals surface area contributed by atoms with Gasteiger partial charge >= 0.3 is 0 Å². The van der Waals surface area contributed by atoms with E-state index >= 15 is 0 Å². The van der Waals surface area contributed by atoms with Crippen LogP contribution in [0.3, 0.4) is 0 Å². The molecule has 0 spiro atoms. The summed E-state index contributed by atoms with van der Waals surface area (Å²) in [7, 11) is 3.93. The second kappa shape index (κ2) is 8.88. The summed E-state index contributed by atoms with van der Waals surface area (Å²) in [5.74, 6) is -1.48. The normalized spacial score (nSPS) is 18.3. The van der Waals surface area contributed by atoms with Crippen LogP contribution in [0.4, 0.5) is 0 Å². The fourth-order valence-electron chi connectivity index (χ4n) is 4.22. The maximum Gasteiger partial charge on any atom is 0.295 e. The van der Waals surface area contributed by atoms with Gasteiger partial charge in [0.2, 0.25) is 0 Å². The molecule has 0 aliphatic carbocycles. The van der Waals surface area contributed by atoms with Crippen molar-refractivity contribution in [2.24, 2.45) is 0 Å². The van der Waals surface area contributed by atoms with Crippen molar-refractivity contribution in [3.63, 3.8) is 0 Å². The molecule has 1 aromatic carbocycles. The summed E-state index contributed by atoms with van der Waals surface area (Å²) < 4.78 is 2.57. The molecule has 0 saturated carbocycles. The van der Waals surface area contributed by atoms with Crippen molar-refractivity contribution in [2.45, 2.75) is 19.4 Å². The average Bonchev–Trinajstić information content (AvgIpc) is 3.21. The van der Waals surface area contributed by atoms with Gasteiger partial charge in [0, 0.05) is 17.2 Å². The summed E-state index contributed by atoms with van der Waals surface area (Å²) in [6.07, 6.45) is 2.49. The number of aryl methyl sites for hydroxylation is 1. The molecule has 1 aliphatic rings. The number of imidazole rings is 1. The van der Waals surface area contributed by atoms with Crippen molar-refractivity contribution in [1.29, 1.82) is 0 Å². The Morgan fingerprint density at radius 3 is 2.69 bits per heavy atom. The maximum atomic E-state index is 13.2. The fourth-order valence-corrected chi connectivity index (χ4v) is 4.63. The number of halogens is 1. The van der Waals surface area contributed by atoms with Gasteiger partial charge < -0.3 is 14.9 Å². The zero-order valence-electron chi connectivity index (χ0n) is 18.2. The highest BCUT2D eigenvalue weighted by atomic mass is 79.9. The lowest BCUT2D eigenvalue weighted by Crippen LogP contribution is -2.32. The Morgan fingerprint density at radius 2 is 1.97 bits per heavy atom. The third kappa shape index (κ3) is 3.96. The second-order valence-corrected chi connectivity index (χ2v) is 9.09. The molecule has 0 bridgehead atoms. The number of hydrogen-bond acceptors (Lipinski definition) is 5. The van der Waals surface area contributed by atoms with Gasteiger partial charge in [-0.25, -0.2) is 4.98 Å². The van der Waals surface area contributed by atoms with Crippen LogP contribution in [-0.4, -0.2) is 63.2 Å². The van der Waals surface area contributed by atoms with E-state index in [1.54, 1.807) is 22.4 Å². The summed E-state index contributed by atoms with van der Waals surface area (Å²) in [6, 6.07) is 12.3. The number of aliphatic hydroxyl groups excluding tert-OH is 1. The molecule has 1 N–H and O–H groups in total. The minimum Gasteiger partial charge on any atom is -0.505 e. The molecular weight excluding hydrogens is 472 g/mol. The van der Waals surface area contributed by atoms with E-state index in [0.717, 1.165) is 16.6 Å². The highest BCUT2D eigenvalue weighted by Crippen LogP contribution is 2.40. The summed E-state index contributed by atoms with van der Waals surface area (Å²) >= 11 is 3.48. The topological polar surface area (TPSA) is 78.1 Å². The highest BCUT2D eigenvalue weighted by Gasteiger charge is 2.46. The van der Waals surface area contributed by atoms with E-state index in [4.69, 9.17) is 0 Å². The van der Waals surface area contributed by atoms with Crippen molar-refractivity contribution < 1.29 is 14.7 Å². The Hall–Kier alpha value is -2.97. The molecule has 1 atom stereocenters. The minimum atomic E-state index is -0.678. The molecule has 3 aromatic rings. The van der Waals surface area contributed by atoms with Crippen LogP contribution >= 0.6 is 15.9 Å². The van der Waals surface area contributed by atoms with Gasteiger partial charge in [-0.1, -0.05) is 34.1 Å². The van der Waals surface area contributed by atoms with E-state index in [9.17, 15) is 14.7 Å². The monoisotopic (exact) mass is 496 g/mol. The number of carbonyl (C=O) groups is 2. The third-order valence-electron chi connectivity index (χ3n) is 5.64. The lowest BCUT2D eigenvalue weighted by Gasteiger charge is -2.26. The van der Waals surface area contributed by atoms with Gasteiger partial charge in [0.15, 0.2) is 5.76 Å². The molecule has 0 radical (unpaired) electrons. The molecule has 0 unspecified atom stereocenters. The molecule has 1 fully saturated rings. The van der Waals surface area contributed by atoms with Crippen molar-refractivity contribution in [3.05, 3.63) is 75.7 Å². The van der Waals surface area contributed by atoms with Crippen molar-refractivity contribution in [1.82, 2.24) is 19.2 Å². The number of rotatable bonds is 6. The maximum absolute atomic E-state index is 13.2. The first kappa shape index (κ1) is 22.2. The molecule has 1 amide bonds. The summed E-state index contributed by atoms with van der Waals surface area (Å²) in [5.41, 5.74) is 2.52. The summed E-state index contributed by atoms with van der Waals surface area (Å²) in [6.45, 7) is 2.97. The third-order valence-corrected chi connectivity index (χ3v) is 6.13. The number of aliphatic hydroxyl groups is 1. The number of pyridine rings is 1. The molecule has 32 heavy (non-hydrogen) atoms. The number of aromatic nitrogens is 2. The van der Waals surface area contributed by atoms with Gasteiger partial charge in [0.1, 0.15) is 11.3 Å². The lowest BCUT2D eigenvalue weighted by molar-refractivity contribution is -0.139. The van der Waals surface area contributed by atoms with E-state index in [0.29, 0.717) is 30.0 Å². The summed E-state index contributed by atoms with van der Waals surface area (Å²) in [4.78, 5) is 34.4. The standard InChI is InChI=1S/C24H25BrN4O3/c1-15-20(28-12-5-4-10-18(28)26-15)22(30)19-21(16-8-6-9-17(25)14-16)29(24(32)23(19)31)13-7-11-27(2)3/h4-6,8-10,12,14,21,30H,7,11,13H2,1-3H3/b22-19+/t21-/m0/s1. The van der Waals surface area contributed by atoms with E-state index in [-0.39, 0.29) is 11.3 Å². The van der Waals surface area contributed by atoms with E-state index in [1.807, 2.05) is 61.5 Å². The first-order chi connectivity index (χ1) is 15.3. The number of benzene rings is 1. The fraction of sp³-hybridized carbons (Fsp3) is 0.292. The predicted molar refractivity (Wildman–Crippen MR) is 126 cm³/mol. The zero-order chi connectivity index (χ0) is 23.0. The van der Waals surface area contributed by atoms with E-state index in [1.165, 1.54) is 0 Å². The van der Waals surface area contributed by atoms with Crippen LogP contribution in [-0.2, 0) is 9.59 Å². The summed E-state index contributed by atoms with van der Waals surface area (Å²) in [5, 5.41) is 11.4. The van der Waals surface area contributed by atoms with Gasteiger partial charge in [-0.2, -0.15) is 0 Å². The number of nitrogens with zero attached hydrogens (tertiary/aromatic N) is 4. The molecular formula is C24H25BrN4O3. The van der Waals surface area contributed by atoms with Crippen molar-refractivity contribution in [3.8, 4) is 0 Å². The number of hydrogen-bond donors (Lipinski definition) is 1. The first-order valence-corrected chi connectivity index (χ1v) is 11.2. The molecule has 1 saturated heterocycles. The Bertz CT molecular complexity index is 1230. The Balaban J connectivity index is 1.89. The van der Waals surface area contributed by atoms with E-state index in [2.05, 4.69) is 20.9 Å². The Kier molecular flexibility index (Phi) is 6.17. The van der Waals surface area contributed by atoms with Gasteiger partial charge in [-0.15, -0.1) is 0 Å². The second-order valence-electron chi connectivity index (χ2n) is 8.18. The number of Topliss-reactive ketones (excluding diaryl/α,β-unsaturated/α-hetero) is 1. The van der Waals surface area contributed by atoms with Crippen LogP contribution < -0.4 is 0 Å². The molecule has 2 aromatic heterocycles. The Labute approximate surface area is 195 Å². The van der Waals surface area contributed by atoms with Crippen LogP contribution in [0.5, 0.6) is 0 Å².